The monoisotopic (exact) mass is 448 g/mol. The minimum atomic E-state index is -0.102. The van der Waals surface area contributed by atoms with Crippen LogP contribution in [0.3, 0.4) is 0 Å². The van der Waals surface area contributed by atoms with Crippen LogP contribution in [0, 0.1) is 6.92 Å². The van der Waals surface area contributed by atoms with E-state index in [1.165, 1.54) is 23.1 Å². The van der Waals surface area contributed by atoms with E-state index in [4.69, 9.17) is 4.42 Å². The minimum absolute atomic E-state index is 0.102. The Bertz CT molecular complexity index is 1190. The summed E-state index contributed by atoms with van der Waals surface area (Å²) in [6.45, 7) is 6.13. The topological polar surface area (TPSA) is 72.1 Å². The molecule has 0 spiro atoms. The van der Waals surface area contributed by atoms with E-state index in [1.54, 1.807) is 11.0 Å². The lowest BCUT2D eigenvalue weighted by Crippen LogP contribution is -2.32. The van der Waals surface area contributed by atoms with Gasteiger partial charge >= 0.3 is 0 Å². The van der Waals surface area contributed by atoms with Crippen molar-refractivity contribution in [3.8, 4) is 22.7 Å². The van der Waals surface area contributed by atoms with Crippen LogP contribution in [0.15, 0.2) is 82.3 Å². The van der Waals surface area contributed by atoms with Gasteiger partial charge in [-0.2, -0.15) is 0 Å². The van der Waals surface area contributed by atoms with Crippen LogP contribution in [-0.2, 0) is 4.79 Å². The number of hydrogen-bond acceptors (Lipinski definition) is 7. The molecule has 1 amide bonds. The van der Waals surface area contributed by atoms with Gasteiger partial charge in [-0.1, -0.05) is 66.4 Å². The van der Waals surface area contributed by atoms with Crippen LogP contribution in [0.5, 0.6) is 0 Å². The van der Waals surface area contributed by atoms with Gasteiger partial charge in [-0.15, -0.1) is 28.1 Å². The van der Waals surface area contributed by atoms with E-state index in [0.717, 1.165) is 22.4 Å². The molecular formula is C23H20N4O2S2. The van der Waals surface area contributed by atoms with E-state index >= 15 is 0 Å². The molecular weight excluding hydrogens is 428 g/mol. The third-order valence-electron chi connectivity index (χ3n) is 4.51. The van der Waals surface area contributed by atoms with E-state index < -0.39 is 0 Å². The quantitative estimate of drug-likeness (QED) is 0.263. The van der Waals surface area contributed by atoms with Gasteiger partial charge in [0.05, 0.1) is 11.4 Å². The maximum atomic E-state index is 12.9. The Morgan fingerprint density at radius 1 is 1.16 bits per heavy atom. The number of amides is 1. The standard InChI is InChI=1S/C23H20N4O2S2/c1-3-13-27(22-24-19(14-30-22)17-10-5-4-6-11-17)20(28)15-31-23-26-25-21(29-23)18-12-8-7-9-16(18)2/h3-12,14H,1,13,15H2,2H3. The summed E-state index contributed by atoms with van der Waals surface area (Å²) in [5.74, 6) is 0.502. The Labute approximate surface area is 188 Å². The molecule has 0 N–H and O–H groups in total. The first-order valence-electron chi connectivity index (χ1n) is 9.60. The van der Waals surface area contributed by atoms with Crippen molar-refractivity contribution in [3.63, 3.8) is 0 Å². The molecule has 0 aliphatic carbocycles. The number of benzene rings is 2. The SMILES string of the molecule is C=CCN(C(=O)CSc1nnc(-c2ccccc2C)o1)c1nc(-c2ccccc2)cs1. The third-order valence-corrected chi connectivity index (χ3v) is 6.17. The molecule has 0 aliphatic heterocycles. The molecule has 0 atom stereocenters. The second-order valence-corrected chi connectivity index (χ2v) is 8.41. The summed E-state index contributed by atoms with van der Waals surface area (Å²) in [5.41, 5.74) is 3.79. The number of aryl methyl sites for hydroxylation is 1. The van der Waals surface area contributed by atoms with Gasteiger partial charge in [0.25, 0.3) is 5.22 Å². The van der Waals surface area contributed by atoms with E-state index in [2.05, 4.69) is 21.8 Å². The predicted octanol–water partition coefficient (Wildman–Crippen LogP) is 5.48. The zero-order valence-corrected chi connectivity index (χ0v) is 18.5. The van der Waals surface area contributed by atoms with Crippen molar-refractivity contribution >= 4 is 34.1 Å². The number of rotatable bonds is 8. The van der Waals surface area contributed by atoms with Gasteiger partial charge in [-0.25, -0.2) is 4.98 Å². The van der Waals surface area contributed by atoms with Crippen molar-refractivity contribution in [1.82, 2.24) is 15.2 Å². The first-order chi connectivity index (χ1) is 15.2. The summed E-state index contributed by atoms with van der Waals surface area (Å²) in [6, 6.07) is 17.7. The zero-order valence-electron chi connectivity index (χ0n) is 16.9. The fraction of sp³-hybridized carbons (Fsp3) is 0.130. The number of carbonyl (C=O) groups is 1. The molecule has 0 radical (unpaired) electrons. The number of thioether (sulfide) groups is 1. The summed E-state index contributed by atoms with van der Waals surface area (Å²) in [6.07, 6.45) is 1.69. The average Bonchev–Trinajstić information content (AvgIpc) is 3.47. The Kier molecular flexibility index (Phi) is 6.59. The van der Waals surface area contributed by atoms with Crippen LogP contribution >= 0.6 is 23.1 Å². The molecule has 2 heterocycles. The summed E-state index contributed by atoms with van der Waals surface area (Å²) in [7, 11) is 0. The maximum Gasteiger partial charge on any atom is 0.277 e. The molecule has 156 valence electrons. The Balaban J connectivity index is 1.45. The lowest BCUT2D eigenvalue weighted by molar-refractivity contribution is -0.116. The molecule has 4 rings (SSSR count). The van der Waals surface area contributed by atoms with Crippen LogP contribution in [0.25, 0.3) is 22.7 Å². The Morgan fingerprint density at radius 3 is 2.71 bits per heavy atom. The molecule has 0 saturated carbocycles. The summed E-state index contributed by atoms with van der Waals surface area (Å²) in [4.78, 5) is 19.2. The maximum absolute atomic E-state index is 12.9. The lowest BCUT2D eigenvalue weighted by atomic mass is 10.1. The first kappa shape index (κ1) is 21.0. The van der Waals surface area contributed by atoms with E-state index in [9.17, 15) is 4.79 Å². The fourth-order valence-electron chi connectivity index (χ4n) is 2.94. The highest BCUT2D eigenvalue weighted by Gasteiger charge is 2.20. The smallest absolute Gasteiger partial charge is 0.277 e. The number of aromatic nitrogens is 3. The van der Waals surface area contributed by atoms with E-state index in [0.29, 0.717) is 22.8 Å². The molecule has 0 bridgehead atoms. The highest BCUT2D eigenvalue weighted by atomic mass is 32.2. The lowest BCUT2D eigenvalue weighted by Gasteiger charge is -2.17. The van der Waals surface area contributed by atoms with E-state index in [-0.39, 0.29) is 11.7 Å². The normalized spacial score (nSPS) is 10.7. The summed E-state index contributed by atoms with van der Waals surface area (Å²) < 4.78 is 5.75. The second kappa shape index (κ2) is 9.72. The van der Waals surface area contributed by atoms with Crippen LogP contribution < -0.4 is 4.90 Å². The van der Waals surface area contributed by atoms with Gasteiger partial charge in [-0.3, -0.25) is 9.69 Å². The van der Waals surface area contributed by atoms with Crippen LogP contribution in [0.2, 0.25) is 0 Å². The van der Waals surface area contributed by atoms with Crippen molar-refractivity contribution < 1.29 is 9.21 Å². The number of hydrogen-bond donors (Lipinski definition) is 0. The van der Waals surface area contributed by atoms with Crippen LogP contribution in [0.4, 0.5) is 5.13 Å². The van der Waals surface area contributed by atoms with Crippen molar-refractivity contribution in [3.05, 3.63) is 78.2 Å². The van der Waals surface area contributed by atoms with Crippen LogP contribution in [-0.4, -0.2) is 33.4 Å². The van der Waals surface area contributed by atoms with Gasteiger partial charge in [0, 0.05) is 23.1 Å². The van der Waals surface area contributed by atoms with Crippen molar-refractivity contribution in [1.29, 1.82) is 0 Å². The van der Waals surface area contributed by atoms with Crippen molar-refractivity contribution in [2.24, 2.45) is 0 Å². The van der Waals surface area contributed by atoms with Gasteiger partial charge in [0.2, 0.25) is 11.8 Å². The molecule has 8 heteroatoms. The van der Waals surface area contributed by atoms with E-state index in [1.807, 2.05) is 66.9 Å². The minimum Gasteiger partial charge on any atom is -0.411 e. The predicted molar refractivity (Wildman–Crippen MR) is 125 cm³/mol. The molecule has 0 fully saturated rings. The molecule has 2 aromatic carbocycles. The number of carbonyl (C=O) groups excluding carboxylic acids is 1. The highest BCUT2D eigenvalue weighted by molar-refractivity contribution is 7.99. The fourth-order valence-corrected chi connectivity index (χ4v) is 4.44. The summed E-state index contributed by atoms with van der Waals surface area (Å²) >= 11 is 2.64. The molecule has 31 heavy (non-hydrogen) atoms. The zero-order chi connectivity index (χ0) is 21.6. The van der Waals surface area contributed by atoms with Gasteiger partial charge in [0.15, 0.2) is 5.13 Å². The Morgan fingerprint density at radius 2 is 1.94 bits per heavy atom. The number of nitrogens with zero attached hydrogens (tertiary/aromatic N) is 4. The molecule has 4 aromatic rings. The van der Waals surface area contributed by atoms with Gasteiger partial charge in [0.1, 0.15) is 0 Å². The number of thiazole rings is 1. The van der Waals surface area contributed by atoms with Crippen LogP contribution in [0.1, 0.15) is 5.56 Å². The average molecular weight is 449 g/mol. The number of anilines is 1. The molecule has 0 saturated heterocycles. The molecule has 0 unspecified atom stereocenters. The second-order valence-electron chi connectivity index (χ2n) is 6.65. The van der Waals surface area contributed by atoms with Gasteiger partial charge in [-0.05, 0) is 18.6 Å². The largest absolute Gasteiger partial charge is 0.411 e. The van der Waals surface area contributed by atoms with Gasteiger partial charge < -0.3 is 4.42 Å². The third kappa shape index (κ3) is 4.92. The Hall–Kier alpha value is -3.23. The molecule has 0 aliphatic rings. The highest BCUT2D eigenvalue weighted by Crippen LogP contribution is 2.29. The molecule has 2 aromatic heterocycles. The molecule has 6 nitrogen and oxygen atoms in total. The first-order valence-corrected chi connectivity index (χ1v) is 11.5. The van der Waals surface area contributed by atoms with Crippen molar-refractivity contribution in [2.75, 3.05) is 17.2 Å². The van der Waals surface area contributed by atoms with Crippen molar-refractivity contribution in [2.45, 2.75) is 12.1 Å². The summed E-state index contributed by atoms with van der Waals surface area (Å²) in [5, 5.41) is 11.1.